The number of halogens is 3. The van der Waals surface area contributed by atoms with Crippen molar-refractivity contribution in [1.82, 2.24) is 9.36 Å². The van der Waals surface area contributed by atoms with Gasteiger partial charge in [0.2, 0.25) is 20.0 Å². The van der Waals surface area contributed by atoms with Crippen LogP contribution in [0.4, 0.5) is 13.2 Å². The first-order valence-electron chi connectivity index (χ1n) is 2.82. The summed E-state index contributed by atoms with van der Waals surface area (Å²) >= 11 is 0.214. The summed E-state index contributed by atoms with van der Waals surface area (Å²) in [6.07, 6.45) is -3.92. The summed E-state index contributed by atoms with van der Waals surface area (Å²) in [5.74, 6) is -1.42. The van der Waals surface area contributed by atoms with E-state index in [9.17, 15) is 21.6 Å². The molecule has 1 rings (SSSR count). The van der Waals surface area contributed by atoms with Gasteiger partial charge >= 0.3 is 6.18 Å². The van der Waals surface area contributed by atoms with Gasteiger partial charge in [-0.05, 0) is 11.5 Å². The van der Waals surface area contributed by atoms with Crippen LogP contribution in [0.2, 0.25) is 0 Å². The van der Waals surface area contributed by atoms with Gasteiger partial charge in [-0.15, -0.1) is 0 Å². The smallest absolute Gasteiger partial charge is 0.221 e. The molecule has 0 N–H and O–H groups in total. The number of hydrogen-bond acceptors (Lipinski definition) is 5. The summed E-state index contributed by atoms with van der Waals surface area (Å²) in [6, 6.07) is 0. The van der Waals surface area contributed by atoms with Crippen LogP contribution >= 0.6 is 11.5 Å². The van der Waals surface area contributed by atoms with Crippen molar-refractivity contribution in [3.63, 3.8) is 0 Å². The van der Waals surface area contributed by atoms with Crippen LogP contribution in [0.5, 0.6) is 0 Å². The summed E-state index contributed by atoms with van der Waals surface area (Å²) in [5, 5.41) is 0. The van der Waals surface area contributed by atoms with E-state index in [-0.39, 0.29) is 11.5 Å². The van der Waals surface area contributed by atoms with E-state index in [1.807, 2.05) is 0 Å². The molecule has 0 saturated heterocycles. The lowest BCUT2D eigenvalue weighted by Crippen LogP contribution is -2.08. The Morgan fingerprint density at radius 3 is 2.15 bits per heavy atom. The van der Waals surface area contributed by atoms with E-state index in [1.54, 1.807) is 0 Å². The lowest BCUT2D eigenvalue weighted by molar-refractivity contribution is -0.144. The third kappa shape index (κ3) is 2.37. The van der Waals surface area contributed by atoms with Gasteiger partial charge in [0.05, 0.1) is 0 Å². The van der Waals surface area contributed by atoms with Crippen molar-refractivity contribution < 1.29 is 21.6 Å². The van der Waals surface area contributed by atoms with Crippen LogP contribution in [0.1, 0.15) is 5.82 Å². The van der Waals surface area contributed by atoms with Crippen LogP contribution < -0.4 is 0 Å². The number of hydrogen-bond donors (Lipinski definition) is 0. The first-order valence-corrected chi connectivity index (χ1v) is 5.48. The fraction of sp³-hybridized carbons (Fsp3) is 0.500. The third-order valence-corrected chi connectivity index (χ3v) is 3.35. The number of nitrogens with zero attached hydrogens (tertiary/aromatic N) is 2. The van der Waals surface area contributed by atoms with E-state index in [2.05, 4.69) is 9.36 Å². The Labute approximate surface area is 75.5 Å². The minimum absolute atomic E-state index is 0.214. The second kappa shape index (κ2) is 2.91. The summed E-state index contributed by atoms with van der Waals surface area (Å²) in [4.78, 5) is 2.85. The zero-order valence-electron chi connectivity index (χ0n) is 6.16. The molecule has 9 heteroatoms. The van der Waals surface area contributed by atoms with E-state index in [1.165, 1.54) is 0 Å². The molecule has 13 heavy (non-hydrogen) atoms. The Morgan fingerprint density at radius 1 is 1.38 bits per heavy atom. The molecular formula is C4H3F3N2O2S2. The summed E-state index contributed by atoms with van der Waals surface area (Å²) in [5.41, 5.74) is 0. The largest absolute Gasteiger partial charge is 0.452 e. The molecule has 0 aliphatic heterocycles. The Balaban J connectivity index is 3.16. The van der Waals surface area contributed by atoms with E-state index in [0.717, 1.165) is 6.26 Å². The molecule has 0 spiro atoms. The predicted octanol–water partition coefficient (Wildman–Crippen LogP) is 0.960. The Hall–Kier alpha value is -0.700. The maximum Gasteiger partial charge on any atom is 0.452 e. The van der Waals surface area contributed by atoms with Crippen molar-refractivity contribution >= 4 is 21.4 Å². The van der Waals surface area contributed by atoms with E-state index in [4.69, 9.17) is 0 Å². The van der Waals surface area contributed by atoms with Crippen LogP contribution in [0.25, 0.3) is 0 Å². The highest BCUT2D eigenvalue weighted by Crippen LogP contribution is 2.28. The van der Waals surface area contributed by atoms with E-state index >= 15 is 0 Å². The van der Waals surface area contributed by atoms with Gasteiger partial charge in [0.25, 0.3) is 0 Å². The average Bonchev–Trinajstić information content (AvgIpc) is 2.28. The molecule has 1 aromatic heterocycles. The molecule has 0 aliphatic carbocycles. The Bertz CT molecular complexity index is 407. The quantitative estimate of drug-likeness (QED) is 0.723. The molecule has 1 heterocycles. The Kier molecular flexibility index (Phi) is 2.32. The van der Waals surface area contributed by atoms with Crippen LogP contribution in [-0.4, -0.2) is 24.0 Å². The van der Waals surface area contributed by atoms with Gasteiger partial charge in [-0.2, -0.15) is 22.5 Å². The number of rotatable bonds is 1. The SMILES string of the molecule is CS(=O)(=O)c1nc(C(F)(F)F)ns1. The molecule has 0 aliphatic rings. The fourth-order valence-corrected chi connectivity index (χ4v) is 1.82. The second-order valence-electron chi connectivity index (χ2n) is 2.15. The third-order valence-electron chi connectivity index (χ3n) is 0.978. The fourth-order valence-electron chi connectivity index (χ4n) is 0.475. The molecule has 4 nitrogen and oxygen atoms in total. The topological polar surface area (TPSA) is 59.9 Å². The summed E-state index contributed by atoms with van der Waals surface area (Å²) in [6.45, 7) is 0. The molecule has 0 atom stereocenters. The minimum Gasteiger partial charge on any atom is -0.221 e. The normalized spacial score (nSPS) is 13.2. The highest BCUT2D eigenvalue weighted by molar-refractivity contribution is 7.92. The van der Waals surface area contributed by atoms with Crippen molar-refractivity contribution in [3.05, 3.63) is 5.82 Å². The lowest BCUT2D eigenvalue weighted by Gasteiger charge is -1.97. The average molecular weight is 232 g/mol. The van der Waals surface area contributed by atoms with Gasteiger partial charge < -0.3 is 0 Å². The van der Waals surface area contributed by atoms with Crippen LogP contribution in [-0.2, 0) is 16.0 Å². The molecule has 0 amide bonds. The molecule has 0 aromatic carbocycles. The molecule has 0 saturated carbocycles. The number of sulfone groups is 1. The molecule has 0 fully saturated rings. The number of aromatic nitrogens is 2. The maximum atomic E-state index is 11.9. The molecular weight excluding hydrogens is 229 g/mol. The van der Waals surface area contributed by atoms with Crippen LogP contribution in [0.15, 0.2) is 4.34 Å². The van der Waals surface area contributed by atoms with Gasteiger partial charge in [-0.3, -0.25) is 0 Å². The monoisotopic (exact) mass is 232 g/mol. The van der Waals surface area contributed by atoms with Crippen LogP contribution in [0.3, 0.4) is 0 Å². The van der Waals surface area contributed by atoms with E-state index in [0.29, 0.717) is 0 Å². The zero-order valence-corrected chi connectivity index (χ0v) is 7.79. The first-order chi connectivity index (χ1) is 5.71. The van der Waals surface area contributed by atoms with Gasteiger partial charge in [0.15, 0.2) is 0 Å². The molecule has 0 unspecified atom stereocenters. The van der Waals surface area contributed by atoms with Gasteiger partial charge in [-0.25, -0.2) is 8.42 Å². The second-order valence-corrected chi connectivity index (χ2v) is 5.10. The van der Waals surface area contributed by atoms with Crippen LogP contribution in [0, 0.1) is 0 Å². The van der Waals surface area contributed by atoms with E-state index < -0.39 is 26.2 Å². The predicted molar refractivity (Wildman–Crippen MR) is 38.0 cm³/mol. The van der Waals surface area contributed by atoms with Crippen molar-refractivity contribution in [1.29, 1.82) is 0 Å². The summed E-state index contributed by atoms with van der Waals surface area (Å²) in [7, 11) is -3.70. The Morgan fingerprint density at radius 2 is 1.92 bits per heavy atom. The summed E-state index contributed by atoms with van der Waals surface area (Å²) < 4.78 is 59.3. The van der Waals surface area contributed by atoms with Gasteiger partial charge in [0, 0.05) is 6.26 Å². The van der Waals surface area contributed by atoms with Gasteiger partial charge in [-0.1, -0.05) is 0 Å². The molecule has 74 valence electrons. The highest BCUT2D eigenvalue weighted by Gasteiger charge is 2.37. The highest BCUT2D eigenvalue weighted by atomic mass is 32.2. The van der Waals surface area contributed by atoms with Crippen molar-refractivity contribution in [2.24, 2.45) is 0 Å². The standard InChI is InChI=1S/C4H3F3N2O2S2/c1-13(10,11)3-8-2(9-12-3)4(5,6)7/h1H3. The number of alkyl halides is 3. The van der Waals surface area contributed by atoms with Crippen molar-refractivity contribution in [2.75, 3.05) is 6.26 Å². The van der Waals surface area contributed by atoms with Crippen molar-refractivity contribution in [2.45, 2.75) is 10.5 Å². The van der Waals surface area contributed by atoms with Crippen molar-refractivity contribution in [3.8, 4) is 0 Å². The molecule has 0 radical (unpaired) electrons. The maximum absolute atomic E-state index is 11.9. The lowest BCUT2D eigenvalue weighted by atomic mass is 10.6. The van der Waals surface area contributed by atoms with Gasteiger partial charge in [0.1, 0.15) is 0 Å². The molecule has 1 aromatic rings. The zero-order chi connectivity index (χ0) is 10.3. The first kappa shape index (κ1) is 10.4. The minimum atomic E-state index is -4.69. The molecule has 0 bridgehead atoms.